The van der Waals surface area contributed by atoms with Crippen molar-refractivity contribution in [2.75, 3.05) is 13.7 Å². The second-order valence-corrected chi connectivity index (χ2v) is 4.64. The molecule has 7 nitrogen and oxygen atoms in total. The Morgan fingerprint density at radius 2 is 1.61 bits per heavy atom. The lowest BCUT2D eigenvalue weighted by Gasteiger charge is -2.06. The number of methoxy groups -OCH3 is 1. The number of non-ortho nitro benzene ring substituents is 1. The number of carbonyl (C=O) groups is 2. The summed E-state index contributed by atoms with van der Waals surface area (Å²) in [4.78, 5) is 33.9. The molecule has 2 rings (SSSR count). The SMILES string of the molecule is COc1ccc(C(=O)NCC(=O)c2ccc([N+](=O)[O-])cc2)cc1. The van der Waals surface area contributed by atoms with Crippen LogP contribution in [0.15, 0.2) is 48.5 Å². The molecule has 0 fully saturated rings. The van der Waals surface area contributed by atoms with Crippen LogP contribution < -0.4 is 10.1 Å². The molecule has 1 amide bonds. The van der Waals surface area contributed by atoms with E-state index in [-0.39, 0.29) is 23.9 Å². The Kier molecular flexibility index (Phi) is 5.03. The average Bonchev–Trinajstić information content (AvgIpc) is 2.59. The minimum absolute atomic E-state index is 0.0937. The van der Waals surface area contributed by atoms with E-state index in [1.807, 2.05) is 0 Å². The Balaban J connectivity index is 1.94. The zero-order valence-corrected chi connectivity index (χ0v) is 12.3. The Bertz CT molecular complexity index is 723. The van der Waals surface area contributed by atoms with E-state index in [0.717, 1.165) is 0 Å². The number of amides is 1. The van der Waals surface area contributed by atoms with Gasteiger partial charge in [0, 0.05) is 23.3 Å². The second-order valence-electron chi connectivity index (χ2n) is 4.64. The first kappa shape index (κ1) is 16.2. The van der Waals surface area contributed by atoms with Gasteiger partial charge < -0.3 is 10.1 Å². The molecule has 2 aromatic rings. The van der Waals surface area contributed by atoms with E-state index in [2.05, 4.69) is 5.32 Å². The van der Waals surface area contributed by atoms with Crippen LogP contribution in [-0.2, 0) is 0 Å². The molecule has 23 heavy (non-hydrogen) atoms. The average molecular weight is 314 g/mol. The van der Waals surface area contributed by atoms with E-state index < -0.39 is 4.92 Å². The highest BCUT2D eigenvalue weighted by molar-refractivity contribution is 6.02. The molecular weight excluding hydrogens is 300 g/mol. The molecule has 0 aromatic heterocycles. The molecule has 0 aliphatic heterocycles. The van der Waals surface area contributed by atoms with Gasteiger partial charge in [0.05, 0.1) is 18.6 Å². The third-order valence-electron chi connectivity index (χ3n) is 3.16. The van der Waals surface area contributed by atoms with Crippen LogP contribution in [0.4, 0.5) is 5.69 Å². The molecule has 0 aliphatic rings. The summed E-state index contributed by atoms with van der Waals surface area (Å²) in [6.07, 6.45) is 0. The molecule has 0 saturated heterocycles. The minimum atomic E-state index is -0.542. The maximum atomic E-state index is 12.0. The molecule has 0 unspecified atom stereocenters. The first-order valence-electron chi connectivity index (χ1n) is 6.71. The van der Waals surface area contributed by atoms with Gasteiger partial charge in [-0.05, 0) is 36.4 Å². The highest BCUT2D eigenvalue weighted by atomic mass is 16.6. The van der Waals surface area contributed by atoms with Gasteiger partial charge in [-0.25, -0.2) is 0 Å². The first-order chi connectivity index (χ1) is 11.0. The molecule has 7 heteroatoms. The number of nitrogens with one attached hydrogen (secondary N) is 1. The Morgan fingerprint density at radius 3 is 2.13 bits per heavy atom. The topological polar surface area (TPSA) is 98.5 Å². The molecule has 118 valence electrons. The number of ketones is 1. The summed E-state index contributed by atoms with van der Waals surface area (Å²) in [5.74, 6) is -0.0896. The maximum absolute atomic E-state index is 12.0. The van der Waals surface area contributed by atoms with Gasteiger partial charge >= 0.3 is 0 Å². The lowest BCUT2D eigenvalue weighted by atomic mass is 10.1. The van der Waals surface area contributed by atoms with Gasteiger partial charge in [-0.2, -0.15) is 0 Å². The number of nitrogens with zero attached hydrogens (tertiary/aromatic N) is 1. The number of Topliss-reactive ketones (excluding diaryl/α,β-unsaturated/α-hetero) is 1. The van der Waals surface area contributed by atoms with Crippen LogP contribution in [0.25, 0.3) is 0 Å². The number of rotatable bonds is 6. The van der Waals surface area contributed by atoms with Gasteiger partial charge in [-0.3, -0.25) is 19.7 Å². The number of nitro groups is 1. The second kappa shape index (κ2) is 7.17. The summed E-state index contributed by atoms with van der Waals surface area (Å²) in [6, 6.07) is 11.7. The highest BCUT2D eigenvalue weighted by Crippen LogP contribution is 2.13. The molecule has 0 atom stereocenters. The zero-order valence-electron chi connectivity index (χ0n) is 12.3. The van der Waals surface area contributed by atoms with Crippen molar-refractivity contribution in [3.05, 3.63) is 69.8 Å². The maximum Gasteiger partial charge on any atom is 0.269 e. The molecule has 0 radical (unpaired) electrons. The number of hydrogen-bond acceptors (Lipinski definition) is 5. The fraction of sp³-hybridized carbons (Fsp3) is 0.125. The van der Waals surface area contributed by atoms with E-state index >= 15 is 0 Å². The molecule has 0 bridgehead atoms. The number of carbonyl (C=O) groups excluding carboxylic acids is 2. The van der Waals surface area contributed by atoms with Crippen molar-refractivity contribution in [1.82, 2.24) is 5.32 Å². The van der Waals surface area contributed by atoms with E-state index in [4.69, 9.17) is 4.74 Å². The summed E-state index contributed by atoms with van der Waals surface area (Å²) < 4.78 is 5.00. The standard InChI is InChI=1S/C16H14N2O5/c1-23-14-8-4-12(5-9-14)16(20)17-10-15(19)11-2-6-13(7-3-11)18(21)22/h2-9H,10H2,1H3,(H,17,20). The van der Waals surface area contributed by atoms with Crippen LogP contribution in [0.2, 0.25) is 0 Å². The molecular formula is C16H14N2O5. The largest absolute Gasteiger partial charge is 0.497 e. The van der Waals surface area contributed by atoms with Crippen molar-refractivity contribution in [2.45, 2.75) is 0 Å². The van der Waals surface area contributed by atoms with Crippen LogP contribution in [0.5, 0.6) is 5.75 Å². The Morgan fingerprint density at radius 1 is 1.04 bits per heavy atom. The quantitative estimate of drug-likeness (QED) is 0.501. The van der Waals surface area contributed by atoms with Crippen LogP contribution in [0.1, 0.15) is 20.7 Å². The molecule has 0 spiro atoms. The molecule has 0 heterocycles. The fourth-order valence-corrected chi connectivity index (χ4v) is 1.88. The van der Waals surface area contributed by atoms with Crippen molar-refractivity contribution in [2.24, 2.45) is 0 Å². The summed E-state index contributed by atoms with van der Waals surface area (Å²) in [5, 5.41) is 13.1. The fourth-order valence-electron chi connectivity index (χ4n) is 1.88. The van der Waals surface area contributed by atoms with Gasteiger partial charge in [-0.1, -0.05) is 0 Å². The zero-order chi connectivity index (χ0) is 16.8. The monoisotopic (exact) mass is 314 g/mol. The van der Waals surface area contributed by atoms with Crippen molar-refractivity contribution in [3.63, 3.8) is 0 Å². The number of ether oxygens (including phenoxy) is 1. The van der Waals surface area contributed by atoms with E-state index in [0.29, 0.717) is 16.9 Å². The normalized spacial score (nSPS) is 9.96. The van der Waals surface area contributed by atoms with Crippen LogP contribution in [0.3, 0.4) is 0 Å². The van der Waals surface area contributed by atoms with E-state index in [1.54, 1.807) is 24.3 Å². The van der Waals surface area contributed by atoms with Crippen molar-refractivity contribution in [1.29, 1.82) is 0 Å². The van der Waals surface area contributed by atoms with Crippen molar-refractivity contribution in [3.8, 4) is 5.75 Å². The number of benzene rings is 2. The van der Waals surface area contributed by atoms with Gasteiger partial charge in [-0.15, -0.1) is 0 Å². The van der Waals surface area contributed by atoms with Crippen molar-refractivity contribution >= 4 is 17.4 Å². The summed E-state index contributed by atoms with van der Waals surface area (Å²) in [6.45, 7) is -0.192. The van der Waals surface area contributed by atoms with Crippen molar-refractivity contribution < 1.29 is 19.2 Å². The Labute approximate surface area is 132 Å². The third kappa shape index (κ3) is 4.13. The first-order valence-corrected chi connectivity index (χ1v) is 6.71. The number of hydrogen-bond donors (Lipinski definition) is 1. The smallest absolute Gasteiger partial charge is 0.269 e. The third-order valence-corrected chi connectivity index (χ3v) is 3.16. The molecule has 0 saturated carbocycles. The van der Waals surface area contributed by atoms with Crippen LogP contribution in [0, 0.1) is 10.1 Å². The molecule has 1 N–H and O–H groups in total. The van der Waals surface area contributed by atoms with Gasteiger partial charge in [0.1, 0.15) is 5.75 Å². The van der Waals surface area contributed by atoms with E-state index in [9.17, 15) is 19.7 Å². The summed E-state index contributed by atoms with van der Waals surface area (Å²) in [5.41, 5.74) is 0.608. The van der Waals surface area contributed by atoms with Crippen LogP contribution in [-0.4, -0.2) is 30.3 Å². The van der Waals surface area contributed by atoms with Gasteiger partial charge in [0.15, 0.2) is 5.78 Å². The van der Waals surface area contributed by atoms with E-state index in [1.165, 1.54) is 31.4 Å². The summed E-state index contributed by atoms with van der Waals surface area (Å²) >= 11 is 0. The predicted octanol–water partition coefficient (Wildman–Crippen LogP) is 2.22. The lowest BCUT2D eigenvalue weighted by molar-refractivity contribution is -0.384. The van der Waals surface area contributed by atoms with Gasteiger partial charge in [0.25, 0.3) is 11.6 Å². The predicted molar refractivity (Wildman–Crippen MR) is 82.8 cm³/mol. The van der Waals surface area contributed by atoms with Crippen LogP contribution >= 0.6 is 0 Å². The molecule has 0 aliphatic carbocycles. The molecule has 2 aromatic carbocycles. The summed E-state index contributed by atoms with van der Waals surface area (Å²) in [7, 11) is 1.53. The Hall–Kier alpha value is -3.22. The minimum Gasteiger partial charge on any atom is -0.497 e. The number of nitro benzene ring substituents is 1. The lowest BCUT2D eigenvalue weighted by Crippen LogP contribution is -2.29. The van der Waals surface area contributed by atoms with Gasteiger partial charge in [0.2, 0.25) is 0 Å². The highest BCUT2D eigenvalue weighted by Gasteiger charge is 2.12.